The van der Waals surface area contributed by atoms with Crippen molar-refractivity contribution < 1.29 is 9.47 Å². The Bertz CT molecular complexity index is 339. The molecule has 16 heavy (non-hydrogen) atoms. The number of methoxy groups -OCH3 is 2. The van der Waals surface area contributed by atoms with Gasteiger partial charge in [-0.25, -0.2) is 0 Å². The molecule has 90 valence electrons. The van der Waals surface area contributed by atoms with E-state index >= 15 is 0 Å². The fourth-order valence-corrected chi connectivity index (χ4v) is 1.66. The van der Waals surface area contributed by atoms with E-state index in [4.69, 9.17) is 15.2 Å². The molecule has 1 aromatic carbocycles. The highest BCUT2D eigenvalue weighted by molar-refractivity contribution is 5.42. The first kappa shape index (κ1) is 12.8. The number of nitrogens with two attached hydrogens (primary N) is 1. The fraction of sp³-hybridized carbons (Fsp3) is 0.538. The van der Waals surface area contributed by atoms with Gasteiger partial charge in [-0.1, -0.05) is 20.3 Å². The average molecular weight is 223 g/mol. The molecule has 1 rings (SSSR count). The first-order valence-corrected chi connectivity index (χ1v) is 5.61. The zero-order valence-corrected chi connectivity index (χ0v) is 10.5. The molecule has 0 heterocycles. The SMILES string of the molecule is CCC(C)C(N)c1cc(OC)ccc1OC. The summed E-state index contributed by atoms with van der Waals surface area (Å²) in [5.74, 6) is 2.06. The molecule has 1 aromatic rings. The lowest BCUT2D eigenvalue weighted by Gasteiger charge is -2.21. The van der Waals surface area contributed by atoms with Crippen molar-refractivity contribution in [3.05, 3.63) is 23.8 Å². The van der Waals surface area contributed by atoms with Gasteiger partial charge in [-0.3, -0.25) is 0 Å². The average Bonchev–Trinajstić information content (AvgIpc) is 2.35. The second-order valence-electron chi connectivity index (χ2n) is 4.02. The van der Waals surface area contributed by atoms with Crippen molar-refractivity contribution in [2.75, 3.05) is 14.2 Å². The van der Waals surface area contributed by atoms with Crippen LogP contribution in [0.1, 0.15) is 31.9 Å². The minimum atomic E-state index is -0.0185. The topological polar surface area (TPSA) is 44.5 Å². The third kappa shape index (κ3) is 2.67. The van der Waals surface area contributed by atoms with Crippen LogP contribution in [0.5, 0.6) is 11.5 Å². The van der Waals surface area contributed by atoms with Gasteiger partial charge >= 0.3 is 0 Å². The van der Waals surface area contributed by atoms with E-state index in [2.05, 4.69) is 13.8 Å². The number of hydrogen-bond donors (Lipinski definition) is 1. The molecule has 0 saturated carbocycles. The Labute approximate surface area is 97.6 Å². The lowest BCUT2D eigenvalue weighted by Crippen LogP contribution is -2.19. The Kier molecular flexibility index (Phi) is 4.62. The molecule has 0 fully saturated rings. The van der Waals surface area contributed by atoms with Gasteiger partial charge in [0.1, 0.15) is 11.5 Å². The number of benzene rings is 1. The van der Waals surface area contributed by atoms with E-state index in [1.54, 1.807) is 14.2 Å². The molecule has 0 saturated heterocycles. The van der Waals surface area contributed by atoms with Crippen molar-refractivity contribution in [2.45, 2.75) is 26.3 Å². The van der Waals surface area contributed by atoms with Crippen LogP contribution in [-0.4, -0.2) is 14.2 Å². The normalized spacial score (nSPS) is 14.3. The van der Waals surface area contributed by atoms with E-state index in [0.29, 0.717) is 5.92 Å². The van der Waals surface area contributed by atoms with Crippen LogP contribution in [0.15, 0.2) is 18.2 Å². The van der Waals surface area contributed by atoms with Gasteiger partial charge in [0.2, 0.25) is 0 Å². The van der Waals surface area contributed by atoms with E-state index < -0.39 is 0 Å². The lowest BCUT2D eigenvalue weighted by atomic mass is 9.92. The van der Waals surface area contributed by atoms with E-state index in [-0.39, 0.29) is 6.04 Å². The van der Waals surface area contributed by atoms with E-state index in [9.17, 15) is 0 Å². The minimum absolute atomic E-state index is 0.0185. The Morgan fingerprint density at radius 3 is 2.44 bits per heavy atom. The van der Waals surface area contributed by atoms with Crippen LogP contribution >= 0.6 is 0 Å². The molecule has 2 atom stereocenters. The van der Waals surface area contributed by atoms with Crippen molar-refractivity contribution in [3.8, 4) is 11.5 Å². The summed E-state index contributed by atoms with van der Waals surface area (Å²) in [7, 11) is 3.31. The second-order valence-corrected chi connectivity index (χ2v) is 4.02. The van der Waals surface area contributed by atoms with Crippen LogP contribution in [-0.2, 0) is 0 Å². The smallest absolute Gasteiger partial charge is 0.123 e. The summed E-state index contributed by atoms with van der Waals surface area (Å²) < 4.78 is 10.5. The van der Waals surface area contributed by atoms with E-state index in [0.717, 1.165) is 23.5 Å². The maximum Gasteiger partial charge on any atom is 0.123 e. The molecule has 2 unspecified atom stereocenters. The van der Waals surface area contributed by atoms with Crippen LogP contribution in [0.25, 0.3) is 0 Å². The summed E-state index contributed by atoms with van der Waals surface area (Å²) in [6, 6.07) is 5.72. The van der Waals surface area contributed by atoms with Gasteiger partial charge in [-0.15, -0.1) is 0 Å². The minimum Gasteiger partial charge on any atom is -0.497 e. The summed E-state index contributed by atoms with van der Waals surface area (Å²) in [6.07, 6.45) is 1.04. The van der Waals surface area contributed by atoms with Crippen molar-refractivity contribution in [3.63, 3.8) is 0 Å². The van der Waals surface area contributed by atoms with E-state index in [1.165, 1.54) is 0 Å². The first-order valence-electron chi connectivity index (χ1n) is 5.61. The molecule has 3 heteroatoms. The number of hydrogen-bond acceptors (Lipinski definition) is 3. The molecule has 0 aromatic heterocycles. The predicted octanol–water partition coefficient (Wildman–Crippen LogP) is 2.75. The van der Waals surface area contributed by atoms with Crippen LogP contribution < -0.4 is 15.2 Å². The quantitative estimate of drug-likeness (QED) is 0.834. The molecule has 2 N–H and O–H groups in total. The van der Waals surface area contributed by atoms with Crippen LogP contribution in [0.3, 0.4) is 0 Å². The summed E-state index contributed by atoms with van der Waals surface area (Å²) >= 11 is 0. The number of ether oxygens (including phenoxy) is 2. The first-order chi connectivity index (χ1) is 7.63. The van der Waals surface area contributed by atoms with Crippen molar-refractivity contribution in [1.82, 2.24) is 0 Å². The van der Waals surface area contributed by atoms with Gasteiger partial charge < -0.3 is 15.2 Å². The van der Waals surface area contributed by atoms with E-state index in [1.807, 2.05) is 18.2 Å². The summed E-state index contributed by atoms with van der Waals surface area (Å²) in [4.78, 5) is 0. The third-order valence-corrected chi connectivity index (χ3v) is 3.05. The molecule has 0 amide bonds. The molecule has 0 aliphatic carbocycles. The summed E-state index contributed by atoms with van der Waals surface area (Å²) in [5.41, 5.74) is 7.22. The highest BCUT2D eigenvalue weighted by Crippen LogP contribution is 2.32. The molecule has 0 spiro atoms. The van der Waals surface area contributed by atoms with Gasteiger partial charge in [0, 0.05) is 11.6 Å². The maximum absolute atomic E-state index is 6.21. The third-order valence-electron chi connectivity index (χ3n) is 3.05. The number of rotatable bonds is 5. The van der Waals surface area contributed by atoms with Crippen molar-refractivity contribution in [2.24, 2.45) is 11.7 Å². The summed E-state index contributed by atoms with van der Waals surface area (Å²) in [5, 5.41) is 0. The predicted molar refractivity (Wildman–Crippen MR) is 65.9 cm³/mol. The fourth-order valence-electron chi connectivity index (χ4n) is 1.66. The molecule has 3 nitrogen and oxygen atoms in total. The van der Waals surface area contributed by atoms with Crippen LogP contribution in [0.4, 0.5) is 0 Å². The molecule has 0 aliphatic rings. The Balaban J connectivity index is 3.07. The van der Waals surface area contributed by atoms with Gasteiger partial charge in [0.25, 0.3) is 0 Å². The monoisotopic (exact) mass is 223 g/mol. The Morgan fingerprint density at radius 2 is 1.94 bits per heavy atom. The highest BCUT2D eigenvalue weighted by Gasteiger charge is 2.18. The lowest BCUT2D eigenvalue weighted by molar-refractivity contribution is 0.380. The molecule has 0 bridgehead atoms. The molecular formula is C13H21NO2. The molecule has 0 radical (unpaired) electrons. The van der Waals surface area contributed by atoms with Gasteiger partial charge in [-0.2, -0.15) is 0 Å². The van der Waals surface area contributed by atoms with Gasteiger partial charge in [0.15, 0.2) is 0 Å². The van der Waals surface area contributed by atoms with Gasteiger partial charge in [0.05, 0.1) is 14.2 Å². The second kappa shape index (κ2) is 5.75. The van der Waals surface area contributed by atoms with Crippen molar-refractivity contribution in [1.29, 1.82) is 0 Å². The zero-order valence-electron chi connectivity index (χ0n) is 10.5. The highest BCUT2D eigenvalue weighted by atomic mass is 16.5. The van der Waals surface area contributed by atoms with Gasteiger partial charge in [-0.05, 0) is 24.1 Å². The molecule has 0 aliphatic heterocycles. The molecular weight excluding hydrogens is 202 g/mol. The standard InChI is InChI=1S/C13H21NO2/c1-5-9(2)13(14)11-8-10(15-3)6-7-12(11)16-4/h6-9,13H,5,14H2,1-4H3. The maximum atomic E-state index is 6.21. The van der Waals surface area contributed by atoms with Crippen LogP contribution in [0.2, 0.25) is 0 Å². The van der Waals surface area contributed by atoms with Crippen molar-refractivity contribution >= 4 is 0 Å². The Morgan fingerprint density at radius 1 is 1.25 bits per heavy atom. The zero-order chi connectivity index (χ0) is 12.1. The Hall–Kier alpha value is -1.22. The summed E-state index contributed by atoms with van der Waals surface area (Å²) in [6.45, 7) is 4.28. The van der Waals surface area contributed by atoms with Crippen LogP contribution in [0, 0.1) is 5.92 Å². The largest absolute Gasteiger partial charge is 0.497 e.